The van der Waals surface area contributed by atoms with E-state index in [1.54, 1.807) is 0 Å². The average Bonchev–Trinajstić information content (AvgIpc) is 2.54. The third-order valence-corrected chi connectivity index (χ3v) is 3.15. The predicted octanol–water partition coefficient (Wildman–Crippen LogP) is 4.81. The molecule has 2 rings (SSSR count). The van der Waals surface area contributed by atoms with Crippen molar-refractivity contribution in [2.75, 3.05) is 0 Å². The number of nitrogens with zero attached hydrogens (tertiary/aromatic N) is 1. The van der Waals surface area contributed by atoms with Gasteiger partial charge in [0.2, 0.25) is 0 Å². The second-order valence-electron chi connectivity index (χ2n) is 5.29. The molecule has 1 nitrogen and oxygen atoms in total. The van der Waals surface area contributed by atoms with E-state index < -0.39 is 0 Å². The predicted molar refractivity (Wildman–Crippen MR) is 77.7 cm³/mol. The van der Waals surface area contributed by atoms with Crippen LogP contribution in [0.2, 0.25) is 0 Å². The van der Waals surface area contributed by atoms with Gasteiger partial charge in [0.15, 0.2) is 0 Å². The molecule has 0 saturated carbocycles. The molecule has 1 heteroatoms. The standard InChI is InChI=1S/C14H19N.C2H6/c1-10-13(14(2,3)4)11-8-6-7-9-12(11)15(10)5;1-2/h6-9H,1-5H3;1-2H3. The fraction of sp³-hybridized carbons (Fsp3) is 0.500. The normalized spacial score (nSPS) is 11.2. The van der Waals surface area contributed by atoms with E-state index in [-0.39, 0.29) is 5.41 Å². The summed E-state index contributed by atoms with van der Waals surface area (Å²) in [4.78, 5) is 0. The smallest absolute Gasteiger partial charge is 0.0482 e. The summed E-state index contributed by atoms with van der Waals surface area (Å²) < 4.78 is 2.29. The maximum absolute atomic E-state index is 2.29. The lowest BCUT2D eigenvalue weighted by atomic mass is 9.85. The van der Waals surface area contributed by atoms with Gasteiger partial charge in [-0.15, -0.1) is 0 Å². The van der Waals surface area contributed by atoms with Crippen molar-refractivity contribution in [3.63, 3.8) is 0 Å². The molecule has 0 spiro atoms. The van der Waals surface area contributed by atoms with E-state index in [4.69, 9.17) is 0 Å². The highest BCUT2D eigenvalue weighted by Crippen LogP contribution is 2.34. The molecule has 17 heavy (non-hydrogen) atoms. The third-order valence-electron chi connectivity index (χ3n) is 3.15. The van der Waals surface area contributed by atoms with Crippen molar-refractivity contribution >= 4 is 10.9 Å². The molecule has 0 aliphatic heterocycles. The van der Waals surface area contributed by atoms with Crippen molar-refractivity contribution in [2.24, 2.45) is 7.05 Å². The van der Waals surface area contributed by atoms with Crippen LogP contribution in [0.25, 0.3) is 10.9 Å². The van der Waals surface area contributed by atoms with E-state index in [2.05, 4.69) is 63.6 Å². The van der Waals surface area contributed by atoms with Crippen molar-refractivity contribution in [2.45, 2.75) is 47.0 Å². The highest BCUT2D eigenvalue weighted by molar-refractivity contribution is 5.86. The van der Waals surface area contributed by atoms with E-state index in [1.165, 1.54) is 22.2 Å². The fourth-order valence-corrected chi connectivity index (χ4v) is 2.47. The van der Waals surface area contributed by atoms with Gasteiger partial charge in [-0.2, -0.15) is 0 Å². The lowest BCUT2D eigenvalue weighted by Crippen LogP contribution is -2.12. The molecule has 0 atom stereocenters. The largest absolute Gasteiger partial charge is 0.348 e. The van der Waals surface area contributed by atoms with Gasteiger partial charge in [0, 0.05) is 23.6 Å². The molecule has 1 heterocycles. The number of para-hydroxylation sites is 1. The summed E-state index contributed by atoms with van der Waals surface area (Å²) in [5, 5.41) is 1.39. The number of fused-ring (bicyclic) bond motifs is 1. The fourth-order valence-electron chi connectivity index (χ4n) is 2.47. The lowest BCUT2D eigenvalue weighted by Gasteiger charge is -2.19. The maximum atomic E-state index is 2.29. The van der Waals surface area contributed by atoms with Crippen LogP contribution in [-0.4, -0.2) is 4.57 Å². The summed E-state index contributed by atoms with van der Waals surface area (Å²) >= 11 is 0. The molecule has 0 saturated heterocycles. The highest BCUT2D eigenvalue weighted by atomic mass is 14.9. The van der Waals surface area contributed by atoms with Crippen LogP contribution in [0.5, 0.6) is 0 Å². The zero-order valence-corrected chi connectivity index (χ0v) is 12.3. The van der Waals surface area contributed by atoms with Gasteiger partial charge in [-0.3, -0.25) is 0 Å². The Balaban J connectivity index is 0.000000686. The minimum Gasteiger partial charge on any atom is -0.348 e. The van der Waals surface area contributed by atoms with Crippen LogP contribution in [0.15, 0.2) is 24.3 Å². The number of hydrogen-bond acceptors (Lipinski definition) is 0. The summed E-state index contributed by atoms with van der Waals surface area (Å²) in [5.74, 6) is 0. The molecular weight excluding hydrogens is 206 g/mol. The number of hydrogen-bond donors (Lipinski definition) is 0. The minimum absolute atomic E-state index is 0.213. The Labute approximate surface area is 105 Å². The van der Waals surface area contributed by atoms with Gasteiger partial charge in [-0.25, -0.2) is 0 Å². The molecule has 0 aliphatic carbocycles. The molecule has 0 bridgehead atoms. The van der Waals surface area contributed by atoms with Crippen LogP contribution in [0.1, 0.15) is 45.9 Å². The summed E-state index contributed by atoms with van der Waals surface area (Å²) in [6.07, 6.45) is 0. The summed E-state index contributed by atoms with van der Waals surface area (Å²) in [6, 6.07) is 8.64. The quantitative estimate of drug-likeness (QED) is 0.613. The molecule has 0 aliphatic rings. The number of benzene rings is 1. The van der Waals surface area contributed by atoms with Gasteiger partial charge in [-0.1, -0.05) is 52.8 Å². The molecule has 1 aromatic carbocycles. The first-order valence-corrected chi connectivity index (χ1v) is 6.47. The second-order valence-corrected chi connectivity index (χ2v) is 5.29. The SMILES string of the molecule is CC.Cc1c(C(C)(C)C)c2ccccc2n1C. The lowest BCUT2D eigenvalue weighted by molar-refractivity contribution is 0.587. The summed E-state index contributed by atoms with van der Waals surface area (Å²) in [6.45, 7) is 13.0. The van der Waals surface area contributed by atoms with Crippen molar-refractivity contribution in [1.82, 2.24) is 4.57 Å². The Morgan fingerprint density at radius 2 is 1.53 bits per heavy atom. The van der Waals surface area contributed by atoms with Crippen LogP contribution in [-0.2, 0) is 12.5 Å². The molecule has 0 amide bonds. The Hall–Kier alpha value is -1.24. The first kappa shape index (κ1) is 13.8. The van der Waals surface area contributed by atoms with Crippen LogP contribution in [0.3, 0.4) is 0 Å². The Kier molecular flexibility index (Phi) is 4.03. The van der Waals surface area contributed by atoms with Gasteiger partial charge in [-0.05, 0) is 24.0 Å². The Morgan fingerprint density at radius 1 is 1.00 bits per heavy atom. The topological polar surface area (TPSA) is 4.93 Å². The van der Waals surface area contributed by atoms with Crippen molar-refractivity contribution in [3.05, 3.63) is 35.5 Å². The zero-order valence-electron chi connectivity index (χ0n) is 12.3. The Bertz CT molecular complexity index is 498. The van der Waals surface area contributed by atoms with E-state index in [0.29, 0.717) is 0 Å². The monoisotopic (exact) mass is 231 g/mol. The molecule has 0 fully saturated rings. The number of rotatable bonds is 0. The van der Waals surface area contributed by atoms with E-state index in [1.807, 2.05) is 13.8 Å². The molecule has 0 N–H and O–H groups in total. The van der Waals surface area contributed by atoms with E-state index in [0.717, 1.165) is 0 Å². The van der Waals surface area contributed by atoms with Gasteiger partial charge in [0.05, 0.1) is 0 Å². The molecule has 94 valence electrons. The highest BCUT2D eigenvalue weighted by Gasteiger charge is 2.22. The number of aryl methyl sites for hydroxylation is 1. The number of aromatic nitrogens is 1. The van der Waals surface area contributed by atoms with Crippen molar-refractivity contribution in [1.29, 1.82) is 0 Å². The molecule has 1 aromatic heterocycles. The van der Waals surface area contributed by atoms with Crippen LogP contribution < -0.4 is 0 Å². The van der Waals surface area contributed by atoms with E-state index in [9.17, 15) is 0 Å². The molecule has 2 aromatic rings. The van der Waals surface area contributed by atoms with Crippen molar-refractivity contribution < 1.29 is 0 Å². The first-order valence-electron chi connectivity index (χ1n) is 6.47. The van der Waals surface area contributed by atoms with E-state index >= 15 is 0 Å². The summed E-state index contributed by atoms with van der Waals surface area (Å²) in [7, 11) is 2.15. The van der Waals surface area contributed by atoms with Crippen LogP contribution >= 0.6 is 0 Å². The summed E-state index contributed by atoms with van der Waals surface area (Å²) in [5.41, 5.74) is 4.40. The van der Waals surface area contributed by atoms with Gasteiger partial charge < -0.3 is 4.57 Å². The zero-order chi connectivity index (χ0) is 13.2. The maximum Gasteiger partial charge on any atom is 0.0482 e. The molecular formula is C16H25N. The van der Waals surface area contributed by atoms with Gasteiger partial charge in [0.1, 0.15) is 0 Å². The van der Waals surface area contributed by atoms with Crippen LogP contribution in [0.4, 0.5) is 0 Å². The van der Waals surface area contributed by atoms with Gasteiger partial charge >= 0.3 is 0 Å². The Morgan fingerprint density at radius 3 is 2.06 bits per heavy atom. The van der Waals surface area contributed by atoms with Crippen LogP contribution in [0, 0.1) is 6.92 Å². The molecule has 0 unspecified atom stereocenters. The third kappa shape index (κ3) is 2.38. The molecule has 0 radical (unpaired) electrons. The average molecular weight is 231 g/mol. The minimum atomic E-state index is 0.213. The second kappa shape index (κ2) is 4.95. The first-order chi connectivity index (χ1) is 7.93. The van der Waals surface area contributed by atoms with Gasteiger partial charge in [0.25, 0.3) is 0 Å². The van der Waals surface area contributed by atoms with Crippen molar-refractivity contribution in [3.8, 4) is 0 Å².